The molecule has 0 aromatic heterocycles. The van der Waals surface area contributed by atoms with Gasteiger partial charge in [0, 0.05) is 34.6 Å². The predicted octanol–water partition coefficient (Wildman–Crippen LogP) is 7.01. The zero-order chi connectivity index (χ0) is 31.7. The molecule has 0 aliphatic heterocycles. The second kappa shape index (κ2) is 15.4. The van der Waals surface area contributed by atoms with Gasteiger partial charge in [-0.05, 0) is 66.1 Å². The minimum Gasteiger partial charge on any atom is -0.354 e. The van der Waals surface area contributed by atoms with E-state index in [0.29, 0.717) is 33.6 Å². The van der Waals surface area contributed by atoms with Crippen molar-refractivity contribution in [3.05, 3.63) is 129 Å². The molecule has 0 bridgehead atoms. The van der Waals surface area contributed by atoms with Gasteiger partial charge in [-0.2, -0.15) is 0 Å². The fourth-order valence-electron chi connectivity index (χ4n) is 4.61. The molecule has 0 saturated carbocycles. The topological polar surface area (TPSA) is 86.8 Å². The smallest absolute Gasteiger partial charge is 0.264 e. The van der Waals surface area contributed by atoms with Crippen molar-refractivity contribution in [2.24, 2.45) is 0 Å². The van der Waals surface area contributed by atoms with Crippen LogP contribution in [-0.4, -0.2) is 44.3 Å². The Bertz CT molecular complexity index is 1670. The van der Waals surface area contributed by atoms with Gasteiger partial charge in [0.2, 0.25) is 11.8 Å². The molecule has 230 valence electrons. The molecule has 44 heavy (non-hydrogen) atoms. The van der Waals surface area contributed by atoms with Crippen LogP contribution in [-0.2, 0) is 32.6 Å². The number of amides is 2. The van der Waals surface area contributed by atoms with Crippen molar-refractivity contribution in [2.75, 3.05) is 17.4 Å². The Hall–Kier alpha value is -3.56. The summed E-state index contributed by atoms with van der Waals surface area (Å²) in [6.45, 7) is 1.71. The lowest BCUT2D eigenvalue weighted by Crippen LogP contribution is -2.53. The molecule has 1 N–H and O–H groups in total. The molecular formula is C33H32Cl3N3O4S. The summed E-state index contributed by atoms with van der Waals surface area (Å²) >= 11 is 18.7. The van der Waals surface area contributed by atoms with Crippen molar-refractivity contribution in [1.82, 2.24) is 10.2 Å². The third-order valence-electron chi connectivity index (χ3n) is 6.90. The van der Waals surface area contributed by atoms with E-state index in [4.69, 9.17) is 34.8 Å². The minimum absolute atomic E-state index is 0.0348. The number of benzene rings is 4. The van der Waals surface area contributed by atoms with E-state index in [1.807, 2.05) is 37.3 Å². The first-order chi connectivity index (χ1) is 21.1. The summed E-state index contributed by atoms with van der Waals surface area (Å²) in [5, 5.41) is 4.02. The van der Waals surface area contributed by atoms with Gasteiger partial charge in [0.15, 0.2) is 0 Å². The van der Waals surface area contributed by atoms with Crippen LogP contribution < -0.4 is 9.62 Å². The van der Waals surface area contributed by atoms with Crippen LogP contribution in [0.3, 0.4) is 0 Å². The third-order valence-corrected chi connectivity index (χ3v) is 9.53. The van der Waals surface area contributed by atoms with E-state index in [0.717, 1.165) is 9.87 Å². The molecule has 0 saturated heterocycles. The molecule has 2 amide bonds. The number of nitrogens with zero attached hydrogens (tertiary/aromatic N) is 2. The van der Waals surface area contributed by atoms with Gasteiger partial charge < -0.3 is 10.2 Å². The van der Waals surface area contributed by atoms with Crippen LogP contribution in [0, 0.1) is 0 Å². The first-order valence-electron chi connectivity index (χ1n) is 14.0. The first-order valence-corrected chi connectivity index (χ1v) is 16.6. The van der Waals surface area contributed by atoms with Crippen LogP contribution in [0.4, 0.5) is 5.69 Å². The fourth-order valence-corrected chi connectivity index (χ4v) is 6.62. The molecule has 0 spiro atoms. The van der Waals surface area contributed by atoms with Crippen LogP contribution in [0.5, 0.6) is 0 Å². The van der Waals surface area contributed by atoms with Crippen LogP contribution >= 0.6 is 34.8 Å². The molecule has 0 aliphatic carbocycles. The monoisotopic (exact) mass is 671 g/mol. The number of para-hydroxylation sites is 1. The van der Waals surface area contributed by atoms with Gasteiger partial charge in [0.1, 0.15) is 12.6 Å². The number of anilines is 1. The predicted molar refractivity (Wildman–Crippen MR) is 177 cm³/mol. The number of hydrogen-bond donors (Lipinski definition) is 1. The Morgan fingerprint density at radius 3 is 2.05 bits per heavy atom. The van der Waals surface area contributed by atoms with Crippen molar-refractivity contribution in [3.63, 3.8) is 0 Å². The molecule has 7 nitrogen and oxygen atoms in total. The maximum atomic E-state index is 14.4. The lowest BCUT2D eigenvalue weighted by atomic mass is 10.0. The number of sulfonamides is 1. The summed E-state index contributed by atoms with van der Waals surface area (Å²) in [5.41, 5.74) is 1.67. The first kappa shape index (κ1) is 33.3. The molecule has 0 unspecified atom stereocenters. The third kappa shape index (κ3) is 8.54. The van der Waals surface area contributed by atoms with Crippen molar-refractivity contribution < 1.29 is 18.0 Å². The average Bonchev–Trinajstić information content (AvgIpc) is 3.02. The summed E-state index contributed by atoms with van der Waals surface area (Å²) in [7, 11) is -4.22. The maximum absolute atomic E-state index is 14.4. The molecule has 0 fully saturated rings. The molecule has 11 heteroatoms. The van der Waals surface area contributed by atoms with Gasteiger partial charge in [-0.25, -0.2) is 8.42 Å². The van der Waals surface area contributed by atoms with Gasteiger partial charge in [0.25, 0.3) is 10.0 Å². The Labute approximate surface area is 273 Å². The van der Waals surface area contributed by atoms with E-state index in [1.165, 1.54) is 29.2 Å². The summed E-state index contributed by atoms with van der Waals surface area (Å²) in [4.78, 5) is 29.4. The zero-order valence-electron chi connectivity index (χ0n) is 24.0. The van der Waals surface area contributed by atoms with Crippen LogP contribution in [0.15, 0.2) is 108 Å². The lowest BCUT2D eigenvalue weighted by Gasteiger charge is -2.34. The Morgan fingerprint density at radius 2 is 1.43 bits per heavy atom. The van der Waals surface area contributed by atoms with Gasteiger partial charge in [-0.1, -0.05) is 96.3 Å². The zero-order valence-corrected chi connectivity index (χ0v) is 27.1. The standard InChI is InChI=1S/C33H32Cl3N3O4S/c1-2-19-37-33(41)31(20-24-9-5-3-6-10-24)38(22-25-13-14-27(35)21-30(25)36)32(40)23-39(28-11-7-4-8-12-28)44(42,43)29-17-15-26(34)16-18-29/h3-18,21,31H,2,19-20,22-23H2,1H3,(H,37,41)/t31-/m0/s1. The quantitative estimate of drug-likeness (QED) is 0.166. The summed E-state index contributed by atoms with van der Waals surface area (Å²) < 4.78 is 29.0. The minimum atomic E-state index is -4.22. The van der Waals surface area contributed by atoms with E-state index >= 15 is 0 Å². The number of rotatable bonds is 13. The molecule has 4 aromatic rings. The van der Waals surface area contributed by atoms with Gasteiger partial charge in [-0.15, -0.1) is 0 Å². The van der Waals surface area contributed by atoms with Crippen molar-refractivity contribution in [1.29, 1.82) is 0 Å². The highest BCUT2D eigenvalue weighted by atomic mass is 35.5. The second-order valence-electron chi connectivity index (χ2n) is 10.1. The SMILES string of the molecule is CCCNC(=O)[C@H](Cc1ccccc1)N(Cc1ccc(Cl)cc1Cl)C(=O)CN(c1ccccc1)S(=O)(=O)c1ccc(Cl)cc1. The van der Waals surface area contributed by atoms with E-state index in [-0.39, 0.29) is 29.5 Å². The van der Waals surface area contributed by atoms with Crippen molar-refractivity contribution in [3.8, 4) is 0 Å². The lowest BCUT2D eigenvalue weighted by molar-refractivity contribution is -0.140. The molecule has 0 aliphatic rings. The van der Waals surface area contributed by atoms with Crippen LogP contribution in [0.2, 0.25) is 15.1 Å². The average molecular weight is 673 g/mol. The molecule has 1 atom stereocenters. The van der Waals surface area contributed by atoms with Crippen molar-refractivity contribution in [2.45, 2.75) is 37.2 Å². The fraction of sp³-hybridized carbons (Fsp3) is 0.212. The molecule has 4 aromatic carbocycles. The van der Waals surface area contributed by atoms with E-state index in [9.17, 15) is 18.0 Å². The number of carbonyl (C=O) groups excluding carboxylic acids is 2. The van der Waals surface area contributed by atoms with E-state index < -0.39 is 28.5 Å². The largest absolute Gasteiger partial charge is 0.354 e. The van der Waals surface area contributed by atoms with Crippen LogP contribution in [0.25, 0.3) is 0 Å². The number of carbonyl (C=O) groups is 2. The van der Waals surface area contributed by atoms with Gasteiger partial charge in [0.05, 0.1) is 10.6 Å². The van der Waals surface area contributed by atoms with Crippen molar-refractivity contribution >= 4 is 62.3 Å². The highest BCUT2D eigenvalue weighted by molar-refractivity contribution is 7.92. The summed E-state index contributed by atoms with van der Waals surface area (Å²) in [6, 6.07) is 27.3. The summed E-state index contributed by atoms with van der Waals surface area (Å²) in [6.07, 6.45) is 0.893. The maximum Gasteiger partial charge on any atom is 0.264 e. The number of hydrogen-bond acceptors (Lipinski definition) is 4. The molecular weight excluding hydrogens is 641 g/mol. The van der Waals surface area contributed by atoms with E-state index in [2.05, 4.69) is 5.32 Å². The molecule has 0 radical (unpaired) electrons. The highest BCUT2D eigenvalue weighted by Gasteiger charge is 2.34. The Balaban J connectivity index is 1.80. The number of nitrogens with one attached hydrogen (secondary N) is 1. The van der Waals surface area contributed by atoms with E-state index in [1.54, 1.807) is 48.5 Å². The highest BCUT2D eigenvalue weighted by Crippen LogP contribution is 2.27. The van der Waals surface area contributed by atoms with Crippen LogP contribution in [0.1, 0.15) is 24.5 Å². The summed E-state index contributed by atoms with van der Waals surface area (Å²) in [5.74, 6) is -0.953. The number of halogens is 3. The Kier molecular flexibility index (Phi) is 11.7. The molecule has 0 heterocycles. The van der Waals surface area contributed by atoms with Gasteiger partial charge >= 0.3 is 0 Å². The second-order valence-corrected chi connectivity index (χ2v) is 13.2. The normalized spacial score (nSPS) is 11.9. The van der Waals surface area contributed by atoms with Gasteiger partial charge in [-0.3, -0.25) is 13.9 Å². The molecule has 4 rings (SSSR count). The Morgan fingerprint density at radius 1 is 0.818 bits per heavy atom.